The van der Waals surface area contributed by atoms with E-state index in [-0.39, 0.29) is 24.2 Å². The molecule has 1 unspecified atom stereocenters. The normalized spacial score (nSPS) is 17.0. The molecule has 0 fully saturated rings. The lowest BCUT2D eigenvalue weighted by Gasteiger charge is -2.26. The highest BCUT2D eigenvalue weighted by molar-refractivity contribution is 9.10. The largest absolute Gasteiger partial charge is 0.370 e. The van der Waals surface area contributed by atoms with Gasteiger partial charge in [-0.05, 0) is 39.7 Å². The molecule has 1 aliphatic rings. The maximum atomic E-state index is 13.4. The zero-order chi connectivity index (χ0) is 15.9. The third-order valence-corrected chi connectivity index (χ3v) is 4.45. The molecule has 3 rings (SSSR count). The van der Waals surface area contributed by atoms with Crippen LogP contribution in [0.15, 0.2) is 34.9 Å². The minimum atomic E-state index is -0.444. The average molecular weight is 366 g/mol. The van der Waals surface area contributed by atoms with Gasteiger partial charge in [-0.3, -0.25) is 9.59 Å². The van der Waals surface area contributed by atoms with Crippen molar-refractivity contribution in [2.45, 2.75) is 12.5 Å². The third kappa shape index (κ3) is 2.52. The van der Waals surface area contributed by atoms with Gasteiger partial charge in [0.15, 0.2) is 0 Å². The van der Waals surface area contributed by atoms with Crippen molar-refractivity contribution < 1.29 is 14.0 Å². The Bertz CT molecular complexity index is 772. The number of nitrogens with two attached hydrogens (primary N) is 1. The molecule has 5 nitrogen and oxygen atoms in total. The number of rotatable bonds is 3. The van der Waals surface area contributed by atoms with E-state index in [1.807, 2.05) is 0 Å². The van der Waals surface area contributed by atoms with Crippen LogP contribution in [0, 0.1) is 5.82 Å². The Hall–Kier alpha value is -2.15. The molecular formula is C15H13BrFN3O2. The number of nitrogens with one attached hydrogen (secondary N) is 1. The lowest BCUT2D eigenvalue weighted by molar-refractivity contribution is -0.118. The van der Waals surface area contributed by atoms with Crippen LogP contribution in [0.1, 0.15) is 23.0 Å². The van der Waals surface area contributed by atoms with Crippen LogP contribution in [-0.2, 0) is 4.79 Å². The summed E-state index contributed by atoms with van der Waals surface area (Å²) in [4.78, 5) is 23.3. The van der Waals surface area contributed by atoms with Crippen LogP contribution in [0.3, 0.4) is 0 Å². The number of primary amides is 1. The molecule has 1 aliphatic heterocycles. The molecule has 0 aliphatic carbocycles. The van der Waals surface area contributed by atoms with E-state index in [2.05, 4.69) is 21.2 Å². The Balaban J connectivity index is 2.12. The zero-order valence-corrected chi connectivity index (χ0v) is 13.1. The highest BCUT2D eigenvalue weighted by Crippen LogP contribution is 2.36. The number of amides is 2. The maximum absolute atomic E-state index is 13.4. The molecule has 1 atom stereocenters. The molecule has 2 aromatic rings. The molecular weight excluding hydrogens is 353 g/mol. The first-order valence-electron chi connectivity index (χ1n) is 6.70. The molecule has 0 saturated carbocycles. The Morgan fingerprint density at radius 2 is 2.23 bits per heavy atom. The molecule has 0 saturated heterocycles. The number of fused-ring (bicyclic) bond motifs is 1. The van der Waals surface area contributed by atoms with Gasteiger partial charge in [0.05, 0.1) is 10.6 Å². The molecule has 1 aromatic heterocycles. The second kappa shape index (κ2) is 5.57. The van der Waals surface area contributed by atoms with Gasteiger partial charge in [-0.25, -0.2) is 4.39 Å². The number of hydrogen-bond donors (Lipinski definition) is 2. The van der Waals surface area contributed by atoms with Crippen molar-refractivity contribution in [3.63, 3.8) is 0 Å². The lowest BCUT2D eigenvalue weighted by Crippen LogP contribution is -2.40. The SMILES string of the molecule is NC(=O)CC1CNC(=O)c2cc(-c3cccc(F)c3)c(Br)n21. The molecule has 7 heteroatoms. The smallest absolute Gasteiger partial charge is 0.268 e. The summed E-state index contributed by atoms with van der Waals surface area (Å²) in [6.45, 7) is 0.324. The van der Waals surface area contributed by atoms with Gasteiger partial charge in [0.2, 0.25) is 5.91 Å². The highest BCUT2D eigenvalue weighted by Gasteiger charge is 2.30. The summed E-state index contributed by atoms with van der Waals surface area (Å²) < 4.78 is 15.8. The fourth-order valence-corrected chi connectivity index (χ4v) is 3.50. The van der Waals surface area contributed by atoms with E-state index in [1.165, 1.54) is 12.1 Å². The Kier molecular flexibility index (Phi) is 3.74. The monoisotopic (exact) mass is 365 g/mol. The van der Waals surface area contributed by atoms with Crippen molar-refractivity contribution in [3.05, 3.63) is 46.4 Å². The standard InChI is InChI=1S/C15H13BrFN3O2/c16-14-11(8-2-1-3-9(17)4-8)6-12-15(22)19-7-10(20(12)14)5-13(18)21/h1-4,6,10H,5,7H2,(H2,18,21)(H,19,22). The van der Waals surface area contributed by atoms with Gasteiger partial charge in [0.25, 0.3) is 5.91 Å². The summed E-state index contributed by atoms with van der Waals surface area (Å²) in [7, 11) is 0. The van der Waals surface area contributed by atoms with Crippen molar-refractivity contribution in [1.29, 1.82) is 0 Å². The third-order valence-electron chi connectivity index (χ3n) is 3.64. The second-order valence-electron chi connectivity index (χ2n) is 5.15. The fraction of sp³-hybridized carbons (Fsp3) is 0.200. The quantitative estimate of drug-likeness (QED) is 0.874. The zero-order valence-electron chi connectivity index (χ0n) is 11.5. The Morgan fingerprint density at radius 3 is 2.91 bits per heavy atom. The molecule has 0 bridgehead atoms. The predicted molar refractivity (Wildman–Crippen MR) is 82.7 cm³/mol. The van der Waals surface area contributed by atoms with Crippen LogP contribution in [0.25, 0.3) is 11.1 Å². The molecule has 0 radical (unpaired) electrons. The molecule has 114 valence electrons. The van der Waals surface area contributed by atoms with Gasteiger partial charge in [0, 0.05) is 18.5 Å². The molecule has 3 N–H and O–H groups in total. The predicted octanol–water partition coefficient (Wildman–Crippen LogP) is 2.22. The van der Waals surface area contributed by atoms with Crippen LogP contribution in [0.2, 0.25) is 0 Å². The maximum Gasteiger partial charge on any atom is 0.268 e. The van der Waals surface area contributed by atoms with E-state index < -0.39 is 5.91 Å². The minimum Gasteiger partial charge on any atom is -0.370 e. The molecule has 0 spiro atoms. The van der Waals surface area contributed by atoms with Crippen molar-refractivity contribution >= 4 is 27.7 Å². The Labute approximate surface area is 134 Å². The topological polar surface area (TPSA) is 77.1 Å². The number of aromatic nitrogens is 1. The fourth-order valence-electron chi connectivity index (χ4n) is 2.68. The summed E-state index contributed by atoms with van der Waals surface area (Å²) in [5, 5.41) is 2.73. The van der Waals surface area contributed by atoms with Gasteiger partial charge in [0.1, 0.15) is 11.5 Å². The van der Waals surface area contributed by atoms with E-state index in [0.29, 0.717) is 28.0 Å². The first-order valence-corrected chi connectivity index (χ1v) is 7.50. The number of carbonyl (C=O) groups excluding carboxylic acids is 2. The molecule has 2 heterocycles. The Morgan fingerprint density at radius 1 is 1.45 bits per heavy atom. The van der Waals surface area contributed by atoms with Crippen LogP contribution in [0.5, 0.6) is 0 Å². The van der Waals surface area contributed by atoms with Crippen LogP contribution in [-0.4, -0.2) is 22.9 Å². The average Bonchev–Trinajstić information content (AvgIpc) is 2.81. The van der Waals surface area contributed by atoms with E-state index in [4.69, 9.17) is 5.73 Å². The van der Waals surface area contributed by atoms with E-state index in [9.17, 15) is 14.0 Å². The van der Waals surface area contributed by atoms with Crippen molar-refractivity contribution in [3.8, 4) is 11.1 Å². The number of halogens is 2. The van der Waals surface area contributed by atoms with Crippen molar-refractivity contribution in [2.75, 3.05) is 6.54 Å². The van der Waals surface area contributed by atoms with Gasteiger partial charge >= 0.3 is 0 Å². The van der Waals surface area contributed by atoms with Crippen molar-refractivity contribution in [2.24, 2.45) is 5.73 Å². The van der Waals surface area contributed by atoms with E-state index in [0.717, 1.165) is 0 Å². The number of hydrogen-bond acceptors (Lipinski definition) is 2. The summed E-state index contributed by atoms with van der Waals surface area (Å²) in [6, 6.07) is 7.54. The highest BCUT2D eigenvalue weighted by atomic mass is 79.9. The van der Waals surface area contributed by atoms with E-state index in [1.54, 1.807) is 22.8 Å². The first kappa shape index (κ1) is 14.8. The van der Waals surface area contributed by atoms with Gasteiger partial charge in [-0.1, -0.05) is 12.1 Å². The van der Waals surface area contributed by atoms with Crippen molar-refractivity contribution in [1.82, 2.24) is 9.88 Å². The first-order chi connectivity index (χ1) is 10.5. The van der Waals surface area contributed by atoms with Gasteiger partial charge < -0.3 is 15.6 Å². The number of nitrogens with zero attached hydrogens (tertiary/aromatic N) is 1. The summed E-state index contributed by atoms with van der Waals surface area (Å²) in [6.07, 6.45) is 0.114. The molecule has 2 amide bonds. The number of carbonyl (C=O) groups is 2. The number of benzene rings is 1. The molecule has 22 heavy (non-hydrogen) atoms. The second-order valence-corrected chi connectivity index (χ2v) is 5.90. The minimum absolute atomic E-state index is 0.114. The van der Waals surface area contributed by atoms with E-state index >= 15 is 0 Å². The summed E-state index contributed by atoms with van der Waals surface area (Å²) >= 11 is 3.46. The summed E-state index contributed by atoms with van der Waals surface area (Å²) in [5.74, 6) is -1.03. The molecule has 1 aromatic carbocycles. The summed E-state index contributed by atoms with van der Waals surface area (Å²) in [5.41, 5.74) is 7.04. The van der Waals surface area contributed by atoms with Crippen LogP contribution in [0.4, 0.5) is 4.39 Å². The van der Waals surface area contributed by atoms with Gasteiger partial charge in [-0.15, -0.1) is 0 Å². The van der Waals surface area contributed by atoms with Crippen LogP contribution >= 0.6 is 15.9 Å². The van der Waals surface area contributed by atoms with Gasteiger partial charge in [-0.2, -0.15) is 0 Å². The lowest BCUT2D eigenvalue weighted by atomic mass is 10.1. The van der Waals surface area contributed by atoms with Crippen LogP contribution < -0.4 is 11.1 Å².